The molecule has 2 N–H and O–H groups in total. The van der Waals surface area contributed by atoms with E-state index in [0.717, 1.165) is 38.9 Å². The van der Waals surface area contributed by atoms with Crippen molar-refractivity contribution in [3.63, 3.8) is 0 Å². The summed E-state index contributed by atoms with van der Waals surface area (Å²) >= 11 is 0. The van der Waals surface area contributed by atoms with Crippen LogP contribution in [0.2, 0.25) is 0 Å². The molecule has 5 aromatic carbocycles. The van der Waals surface area contributed by atoms with Crippen molar-refractivity contribution in [2.75, 3.05) is 6.61 Å². The third-order valence-electron chi connectivity index (χ3n) is 9.44. The fourth-order valence-electron chi connectivity index (χ4n) is 7.01. The molecule has 1 saturated heterocycles. The van der Waals surface area contributed by atoms with Gasteiger partial charge in [-0.05, 0) is 38.9 Å². The third kappa shape index (κ3) is 6.66. The molecule has 52 heavy (non-hydrogen) atoms. The van der Waals surface area contributed by atoms with Crippen molar-refractivity contribution in [3.8, 4) is 11.1 Å². The van der Waals surface area contributed by atoms with Gasteiger partial charge in [-0.2, -0.15) is 0 Å². The molecule has 1 aliphatic carbocycles. The van der Waals surface area contributed by atoms with Gasteiger partial charge in [0.25, 0.3) is 11.8 Å². The van der Waals surface area contributed by atoms with Gasteiger partial charge in [-0.3, -0.25) is 14.4 Å². The summed E-state index contributed by atoms with van der Waals surface area (Å²) in [5.74, 6) is -3.44. The molecule has 1 atom stereocenters. The van der Waals surface area contributed by atoms with E-state index in [4.69, 9.17) is 9.57 Å². The van der Waals surface area contributed by atoms with Gasteiger partial charge in [0.05, 0.1) is 6.42 Å². The number of benzene rings is 5. The van der Waals surface area contributed by atoms with E-state index in [0.29, 0.717) is 5.06 Å². The fraction of sp³-hybridized carbons (Fsp3) is 0.167. The van der Waals surface area contributed by atoms with Gasteiger partial charge in [-0.1, -0.05) is 140 Å². The SMILES string of the molecule is O=C(C[C@H](NC(=O)OCC1c2ccccc2-c2ccccc21)C(=O)ON1C(=O)CCC1=O)NC(c1ccccc1)(c1ccccc1)c1ccccc1. The number of imide groups is 1. The van der Waals surface area contributed by atoms with Crippen molar-refractivity contribution >= 4 is 29.8 Å². The van der Waals surface area contributed by atoms with Crippen LogP contribution in [0.5, 0.6) is 0 Å². The van der Waals surface area contributed by atoms with Crippen molar-refractivity contribution in [1.82, 2.24) is 15.7 Å². The van der Waals surface area contributed by atoms with Crippen molar-refractivity contribution in [2.24, 2.45) is 0 Å². The van der Waals surface area contributed by atoms with Gasteiger partial charge in [-0.15, -0.1) is 5.06 Å². The number of hydroxylamine groups is 2. The summed E-state index contributed by atoms with van der Waals surface area (Å²) in [5, 5.41) is 6.03. The molecule has 10 heteroatoms. The van der Waals surface area contributed by atoms with Gasteiger partial charge in [0.2, 0.25) is 5.91 Å². The number of hydrogen-bond acceptors (Lipinski definition) is 7. The molecule has 10 nitrogen and oxygen atoms in total. The lowest BCUT2D eigenvalue weighted by molar-refractivity contribution is -0.199. The second kappa shape index (κ2) is 14.7. The molecule has 4 amide bonds. The lowest BCUT2D eigenvalue weighted by atomic mass is 9.77. The van der Waals surface area contributed by atoms with E-state index in [1.54, 1.807) is 0 Å². The number of alkyl carbamates (subject to hydrolysis) is 1. The number of carbonyl (C=O) groups is 5. The number of nitrogens with zero attached hydrogens (tertiary/aromatic N) is 1. The van der Waals surface area contributed by atoms with Gasteiger partial charge < -0.3 is 20.2 Å². The molecule has 0 radical (unpaired) electrons. The van der Waals surface area contributed by atoms with Crippen molar-refractivity contribution < 1.29 is 33.5 Å². The van der Waals surface area contributed by atoms with Crippen LogP contribution in [-0.4, -0.2) is 47.5 Å². The fourth-order valence-corrected chi connectivity index (χ4v) is 7.01. The zero-order valence-electron chi connectivity index (χ0n) is 28.1. The summed E-state index contributed by atoms with van der Waals surface area (Å²) in [6.45, 7) is -0.0456. The minimum absolute atomic E-state index is 0.0456. The number of fused-ring (bicyclic) bond motifs is 3. The number of rotatable bonds is 11. The number of amides is 4. The lowest BCUT2D eigenvalue weighted by Gasteiger charge is -2.37. The first-order valence-corrected chi connectivity index (χ1v) is 17.0. The molecule has 2 aliphatic rings. The first-order valence-electron chi connectivity index (χ1n) is 17.0. The summed E-state index contributed by atoms with van der Waals surface area (Å²) < 4.78 is 5.69. The van der Waals surface area contributed by atoms with Gasteiger partial charge >= 0.3 is 12.1 Å². The van der Waals surface area contributed by atoms with E-state index in [1.807, 2.05) is 140 Å². The molecule has 5 aromatic rings. The van der Waals surface area contributed by atoms with E-state index in [-0.39, 0.29) is 25.4 Å². The van der Waals surface area contributed by atoms with Crippen LogP contribution >= 0.6 is 0 Å². The van der Waals surface area contributed by atoms with Crippen LogP contribution in [0, 0.1) is 0 Å². The molecule has 1 heterocycles. The molecule has 0 aromatic heterocycles. The van der Waals surface area contributed by atoms with Crippen LogP contribution in [0.3, 0.4) is 0 Å². The highest BCUT2D eigenvalue weighted by Gasteiger charge is 2.41. The van der Waals surface area contributed by atoms with Gasteiger partial charge in [0, 0.05) is 18.8 Å². The Morgan fingerprint density at radius 1 is 0.654 bits per heavy atom. The Labute approximate surface area is 300 Å². The Bertz CT molecular complexity index is 1960. The molecule has 0 unspecified atom stereocenters. The van der Waals surface area contributed by atoms with Crippen LogP contribution in [0.25, 0.3) is 11.1 Å². The van der Waals surface area contributed by atoms with E-state index in [2.05, 4.69) is 10.6 Å². The normalized spacial score (nSPS) is 14.3. The monoisotopic (exact) mass is 693 g/mol. The molecular formula is C42H35N3O7. The quantitative estimate of drug-likeness (QED) is 0.128. The predicted molar refractivity (Wildman–Crippen MR) is 191 cm³/mol. The highest BCUT2D eigenvalue weighted by molar-refractivity contribution is 6.02. The Hall–Kier alpha value is -6.55. The largest absolute Gasteiger partial charge is 0.449 e. The van der Waals surface area contributed by atoms with Crippen molar-refractivity contribution in [2.45, 2.75) is 36.8 Å². The molecular weight excluding hydrogens is 658 g/mol. The molecule has 0 saturated carbocycles. The smallest absolute Gasteiger partial charge is 0.407 e. The summed E-state index contributed by atoms with van der Waals surface area (Å²) in [4.78, 5) is 71.1. The van der Waals surface area contributed by atoms with Crippen molar-refractivity contribution in [3.05, 3.63) is 167 Å². The molecule has 7 rings (SSSR count). The molecule has 260 valence electrons. The minimum atomic E-state index is -1.63. The highest BCUT2D eigenvalue weighted by Crippen LogP contribution is 2.44. The maximum atomic E-state index is 14.2. The zero-order chi connectivity index (χ0) is 36.1. The summed E-state index contributed by atoms with van der Waals surface area (Å²) in [7, 11) is 0. The maximum absolute atomic E-state index is 14.2. The average molecular weight is 694 g/mol. The molecule has 0 spiro atoms. The standard InChI is InChI=1S/C42H35N3O7/c46-37(44-42(28-14-4-1-5-15-28,29-16-6-2-7-17-29)30-18-8-3-9-19-30)26-36(40(49)52-45-38(47)24-25-39(45)48)43-41(50)51-27-35-33-22-12-10-20-31(33)32-21-11-13-23-34(32)35/h1-23,35-36H,24-27H2,(H,43,50)(H,44,46)/t36-/m0/s1. The van der Waals surface area contributed by atoms with E-state index in [9.17, 15) is 24.0 Å². The van der Waals surface area contributed by atoms with E-state index in [1.165, 1.54) is 0 Å². The van der Waals surface area contributed by atoms with Crippen molar-refractivity contribution in [1.29, 1.82) is 0 Å². The Balaban J connectivity index is 1.16. The number of ether oxygens (including phenoxy) is 1. The Kier molecular flexibility index (Phi) is 9.62. The highest BCUT2D eigenvalue weighted by atomic mass is 16.7. The topological polar surface area (TPSA) is 131 Å². The lowest BCUT2D eigenvalue weighted by Crippen LogP contribution is -2.52. The Morgan fingerprint density at radius 2 is 1.10 bits per heavy atom. The molecule has 0 bridgehead atoms. The van der Waals surface area contributed by atoms with Crippen LogP contribution in [0.4, 0.5) is 4.79 Å². The van der Waals surface area contributed by atoms with Gasteiger partial charge in [-0.25, -0.2) is 9.59 Å². The van der Waals surface area contributed by atoms with Gasteiger partial charge in [0.15, 0.2) is 0 Å². The van der Waals surface area contributed by atoms with Gasteiger partial charge in [0.1, 0.15) is 18.2 Å². The first kappa shape index (κ1) is 33.9. The van der Waals surface area contributed by atoms with Crippen LogP contribution in [0.1, 0.15) is 53.0 Å². The first-order chi connectivity index (χ1) is 25.3. The Morgan fingerprint density at radius 3 is 1.58 bits per heavy atom. The van der Waals surface area contributed by atoms with Crippen LogP contribution in [-0.2, 0) is 34.3 Å². The second-order valence-corrected chi connectivity index (χ2v) is 12.6. The van der Waals surface area contributed by atoms with Crippen LogP contribution in [0.15, 0.2) is 140 Å². The molecule has 1 fully saturated rings. The summed E-state index contributed by atoms with van der Waals surface area (Å²) in [6.07, 6.45) is -1.82. The predicted octanol–water partition coefficient (Wildman–Crippen LogP) is 6.00. The molecule has 1 aliphatic heterocycles. The van der Waals surface area contributed by atoms with E-state index >= 15 is 0 Å². The maximum Gasteiger partial charge on any atom is 0.407 e. The van der Waals surface area contributed by atoms with E-state index < -0.39 is 47.8 Å². The third-order valence-corrected chi connectivity index (χ3v) is 9.44. The number of nitrogens with one attached hydrogen (secondary N) is 2. The number of hydrogen-bond donors (Lipinski definition) is 2. The average Bonchev–Trinajstić information content (AvgIpc) is 3.68. The number of carbonyl (C=O) groups excluding carboxylic acids is 5. The summed E-state index contributed by atoms with van der Waals surface area (Å²) in [5.41, 5.74) is 5.12. The van der Waals surface area contributed by atoms with Crippen LogP contribution < -0.4 is 10.6 Å². The minimum Gasteiger partial charge on any atom is -0.449 e. The zero-order valence-corrected chi connectivity index (χ0v) is 28.1. The summed E-state index contributed by atoms with van der Waals surface area (Å²) in [6, 6.07) is 42.3. The second-order valence-electron chi connectivity index (χ2n) is 12.6.